The Kier molecular flexibility index (Phi) is 4.12. The summed E-state index contributed by atoms with van der Waals surface area (Å²) in [5.41, 5.74) is 3.07. The van der Waals surface area contributed by atoms with Crippen LogP contribution in [0.15, 0.2) is 18.2 Å². The second kappa shape index (κ2) is 6.08. The van der Waals surface area contributed by atoms with E-state index < -0.39 is 0 Å². The van der Waals surface area contributed by atoms with Crippen molar-refractivity contribution in [2.45, 2.75) is 27.2 Å². The van der Waals surface area contributed by atoms with Crippen molar-refractivity contribution in [3.05, 3.63) is 34.3 Å². The van der Waals surface area contributed by atoms with Gasteiger partial charge in [-0.3, -0.25) is 9.59 Å². The molecule has 1 aliphatic rings. The molecule has 1 saturated heterocycles. The molecule has 6 nitrogen and oxygen atoms in total. The molecule has 0 unspecified atom stereocenters. The van der Waals surface area contributed by atoms with E-state index in [9.17, 15) is 9.59 Å². The van der Waals surface area contributed by atoms with Crippen LogP contribution >= 0.6 is 11.3 Å². The number of nitrogens with one attached hydrogen (secondary N) is 1. The quantitative estimate of drug-likeness (QED) is 0.938. The maximum Gasteiger partial charge on any atom is 0.231 e. The lowest BCUT2D eigenvalue weighted by Gasteiger charge is -2.19. The van der Waals surface area contributed by atoms with Gasteiger partial charge in [0, 0.05) is 18.7 Å². The van der Waals surface area contributed by atoms with Crippen LogP contribution in [0.3, 0.4) is 0 Å². The van der Waals surface area contributed by atoms with Gasteiger partial charge in [-0.25, -0.2) is 0 Å². The maximum absolute atomic E-state index is 12.3. The fourth-order valence-corrected chi connectivity index (χ4v) is 3.37. The smallest absolute Gasteiger partial charge is 0.231 e. The van der Waals surface area contributed by atoms with Crippen molar-refractivity contribution < 1.29 is 9.59 Å². The van der Waals surface area contributed by atoms with Crippen molar-refractivity contribution in [2.24, 2.45) is 5.92 Å². The van der Waals surface area contributed by atoms with Crippen LogP contribution in [0.4, 0.5) is 10.8 Å². The summed E-state index contributed by atoms with van der Waals surface area (Å²) >= 11 is 1.32. The zero-order valence-electron chi connectivity index (χ0n) is 13.3. The van der Waals surface area contributed by atoms with Gasteiger partial charge in [-0.2, -0.15) is 0 Å². The van der Waals surface area contributed by atoms with E-state index in [-0.39, 0.29) is 24.2 Å². The number of aryl methyl sites for hydroxylation is 3. The predicted molar refractivity (Wildman–Crippen MR) is 89.7 cm³/mol. The Morgan fingerprint density at radius 2 is 2.09 bits per heavy atom. The number of anilines is 2. The molecule has 0 aliphatic carbocycles. The summed E-state index contributed by atoms with van der Waals surface area (Å²) in [5.74, 6) is -0.570. The minimum atomic E-state index is -0.368. The first-order valence-electron chi connectivity index (χ1n) is 7.42. The molecule has 0 spiro atoms. The predicted octanol–water partition coefficient (Wildman–Crippen LogP) is 2.45. The number of nitrogens with zero attached hydrogens (tertiary/aromatic N) is 3. The fourth-order valence-electron chi connectivity index (χ4n) is 2.78. The van der Waals surface area contributed by atoms with Crippen molar-refractivity contribution in [3.8, 4) is 0 Å². The number of amides is 2. The Balaban J connectivity index is 1.73. The third kappa shape index (κ3) is 3.24. The van der Waals surface area contributed by atoms with E-state index in [1.807, 2.05) is 39.0 Å². The Bertz CT molecular complexity index is 771. The summed E-state index contributed by atoms with van der Waals surface area (Å²) < 4.78 is 0. The number of benzene rings is 1. The normalized spacial score (nSPS) is 17.6. The first-order chi connectivity index (χ1) is 10.9. The number of aromatic nitrogens is 2. The number of carbonyl (C=O) groups is 2. The zero-order valence-corrected chi connectivity index (χ0v) is 14.1. The summed E-state index contributed by atoms with van der Waals surface area (Å²) in [5, 5.41) is 11.8. The van der Waals surface area contributed by atoms with Crippen LogP contribution in [0.25, 0.3) is 0 Å². The zero-order chi connectivity index (χ0) is 16.6. The SMILES string of the molecule is Cc1ccc(N2C[C@H](C(=O)Nc3nnc(C)s3)CC2=O)c(C)c1. The largest absolute Gasteiger partial charge is 0.311 e. The van der Waals surface area contributed by atoms with E-state index in [0.29, 0.717) is 11.7 Å². The molecular formula is C16H18N4O2S. The van der Waals surface area contributed by atoms with Crippen molar-refractivity contribution in [3.63, 3.8) is 0 Å². The van der Waals surface area contributed by atoms with Gasteiger partial charge in [0.05, 0.1) is 5.92 Å². The third-order valence-electron chi connectivity index (χ3n) is 3.90. The standard InChI is InChI=1S/C16H18N4O2S/c1-9-4-5-13(10(2)6-9)20-8-12(7-14(20)21)15(22)17-16-19-18-11(3)23-16/h4-6,12H,7-8H2,1-3H3,(H,17,19,22)/t12-/m1/s1. The Hall–Kier alpha value is -2.28. The van der Waals surface area contributed by atoms with Crippen LogP contribution in [0, 0.1) is 26.7 Å². The molecule has 2 aromatic rings. The van der Waals surface area contributed by atoms with Crippen LogP contribution in [-0.2, 0) is 9.59 Å². The molecular weight excluding hydrogens is 312 g/mol. The molecule has 2 heterocycles. The van der Waals surface area contributed by atoms with Crippen molar-refractivity contribution in [2.75, 3.05) is 16.8 Å². The summed E-state index contributed by atoms with van der Waals surface area (Å²) in [6.07, 6.45) is 0.219. The van der Waals surface area contributed by atoms with E-state index >= 15 is 0 Å². The molecule has 0 radical (unpaired) electrons. The van der Waals surface area contributed by atoms with Crippen LogP contribution in [-0.4, -0.2) is 28.6 Å². The molecule has 120 valence electrons. The van der Waals surface area contributed by atoms with Crippen molar-refractivity contribution >= 4 is 34.0 Å². The summed E-state index contributed by atoms with van der Waals surface area (Å²) in [6.45, 7) is 6.22. The van der Waals surface area contributed by atoms with Gasteiger partial charge < -0.3 is 10.2 Å². The lowest BCUT2D eigenvalue weighted by Crippen LogP contribution is -2.28. The first kappa shape index (κ1) is 15.6. The van der Waals surface area contributed by atoms with Crippen molar-refractivity contribution in [1.29, 1.82) is 0 Å². The molecule has 3 rings (SSSR count). The second-order valence-electron chi connectivity index (χ2n) is 5.81. The lowest BCUT2D eigenvalue weighted by molar-refractivity contribution is -0.122. The third-order valence-corrected chi connectivity index (χ3v) is 4.65. The highest BCUT2D eigenvalue weighted by atomic mass is 32.1. The molecule has 0 saturated carbocycles. The second-order valence-corrected chi connectivity index (χ2v) is 6.99. The van der Waals surface area contributed by atoms with Gasteiger partial charge in [0.1, 0.15) is 5.01 Å². The van der Waals surface area contributed by atoms with E-state index in [1.165, 1.54) is 11.3 Å². The maximum atomic E-state index is 12.3. The Morgan fingerprint density at radius 3 is 2.74 bits per heavy atom. The number of hydrogen-bond donors (Lipinski definition) is 1. The van der Waals surface area contributed by atoms with Gasteiger partial charge in [-0.1, -0.05) is 29.0 Å². The average Bonchev–Trinajstić information content (AvgIpc) is 3.05. The Labute approximate surface area is 138 Å². The summed E-state index contributed by atoms with van der Waals surface area (Å²) in [4.78, 5) is 26.3. The minimum Gasteiger partial charge on any atom is -0.311 e. The Morgan fingerprint density at radius 1 is 1.30 bits per heavy atom. The highest BCUT2D eigenvalue weighted by molar-refractivity contribution is 7.15. The molecule has 1 N–H and O–H groups in total. The minimum absolute atomic E-state index is 0.0226. The van der Waals surface area contributed by atoms with Gasteiger partial charge in [-0.05, 0) is 32.4 Å². The van der Waals surface area contributed by atoms with Gasteiger partial charge >= 0.3 is 0 Å². The topological polar surface area (TPSA) is 75.2 Å². The van der Waals surface area contributed by atoms with Crippen LogP contribution in [0.2, 0.25) is 0 Å². The van der Waals surface area contributed by atoms with E-state index in [2.05, 4.69) is 15.5 Å². The van der Waals surface area contributed by atoms with Gasteiger partial charge in [0.15, 0.2) is 0 Å². The summed E-state index contributed by atoms with van der Waals surface area (Å²) in [7, 11) is 0. The van der Waals surface area contributed by atoms with Crippen LogP contribution < -0.4 is 10.2 Å². The van der Waals surface area contributed by atoms with Crippen LogP contribution in [0.1, 0.15) is 22.6 Å². The molecule has 1 aliphatic heterocycles. The molecule has 23 heavy (non-hydrogen) atoms. The highest BCUT2D eigenvalue weighted by Crippen LogP contribution is 2.29. The molecule has 1 atom stereocenters. The van der Waals surface area contributed by atoms with E-state index in [0.717, 1.165) is 21.8 Å². The molecule has 1 fully saturated rings. The number of carbonyl (C=O) groups excluding carboxylic acids is 2. The summed E-state index contributed by atoms with van der Waals surface area (Å²) in [6, 6.07) is 5.96. The van der Waals surface area contributed by atoms with Crippen molar-refractivity contribution in [1.82, 2.24) is 10.2 Å². The first-order valence-corrected chi connectivity index (χ1v) is 8.24. The molecule has 0 bridgehead atoms. The number of rotatable bonds is 3. The van der Waals surface area contributed by atoms with Gasteiger partial charge in [-0.15, -0.1) is 10.2 Å². The highest BCUT2D eigenvalue weighted by Gasteiger charge is 2.36. The van der Waals surface area contributed by atoms with E-state index in [4.69, 9.17) is 0 Å². The fraction of sp³-hybridized carbons (Fsp3) is 0.375. The molecule has 1 aromatic carbocycles. The molecule has 1 aromatic heterocycles. The monoisotopic (exact) mass is 330 g/mol. The molecule has 2 amide bonds. The average molecular weight is 330 g/mol. The molecule has 7 heteroatoms. The lowest BCUT2D eigenvalue weighted by atomic mass is 10.1. The van der Waals surface area contributed by atoms with E-state index in [1.54, 1.807) is 4.90 Å². The van der Waals surface area contributed by atoms with Crippen LogP contribution in [0.5, 0.6) is 0 Å². The van der Waals surface area contributed by atoms with Gasteiger partial charge in [0.2, 0.25) is 16.9 Å². The van der Waals surface area contributed by atoms with Gasteiger partial charge in [0.25, 0.3) is 0 Å². The number of hydrogen-bond acceptors (Lipinski definition) is 5.